The van der Waals surface area contributed by atoms with Crippen molar-refractivity contribution in [3.05, 3.63) is 0 Å². The van der Waals surface area contributed by atoms with Crippen LogP contribution < -0.4 is 4.72 Å². The summed E-state index contributed by atoms with van der Waals surface area (Å²) in [4.78, 5) is 11.6. The highest BCUT2D eigenvalue weighted by Crippen LogP contribution is 2.34. The molecule has 0 bridgehead atoms. The first-order valence-corrected chi connectivity index (χ1v) is 8.08. The molecule has 1 fully saturated rings. The first kappa shape index (κ1) is 16.4. The quantitative estimate of drug-likeness (QED) is 0.797. The molecule has 1 aliphatic carbocycles. The molecule has 0 aromatic heterocycles. The lowest BCUT2D eigenvalue weighted by Gasteiger charge is -2.40. The van der Waals surface area contributed by atoms with Gasteiger partial charge in [0.15, 0.2) is 0 Å². The molecule has 1 aliphatic rings. The van der Waals surface area contributed by atoms with Crippen LogP contribution in [0, 0.1) is 5.92 Å². The van der Waals surface area contributed by atoms with Crippen molar-refractivity contribution in [2.75, 3.05) is 7.05 Å². The zero-order chi connectivity index (χ0) is 14.8. The van der Waals surface area contributed by atoms with Crippen LogP contribution in [0.2, 0.25) is 0 Å². The van der Waals surface area contributed by atoms with Crippen LogP contribution >= 0.6 is 0 Å². The molecule has 0 aromatic rings. The monoisotopic (exact) mass is 292 g/mol. The van der Waals surface area contributed by atoms with Crippen molar-refractivity contribution in [1.29, 1.82) is 0 Å². The molecule has 0 spiro atoms. The van der Waals surface area contributed by atoms with E-state index in [4.69, 9.17) is 0 Å². The van der Waals surface area contributed by atoms with Crippen molar-refractivity contribution in [2.24, 2.45) is 5.92 Å². The van der Waals surface area contributed by atoms with Gasteiger partial charge in [0.25, 0.3) is 10.2 Å². The van der Waals surface area contributed by atoms with Gasteiger partial charge in [-0.15, -0.1) is 0 Å². The Balaban J connectivity index is 3.06. The fraction of sp³-hybridized carbons (Fsp3) is 0.917. The molecule has 1 saturated carbocycles. The van der Waals surface area contributed by atoms with Gasteiger partial charge < -0.3 is 5.11 Å². The Bertz CT molecular complexity index is 435. The minimum atomic E-state index is -3.79. The minimum absolute atomic E-state index is 0.214. The summed E-state index contributed by atoms with van der Waals surface area (Å²) in [6.45, 7) is 5.29. The summed E-state index contributed by atoms with van der Waals surface area (Å²) >= 11 is 0. The van der Waals surface area contributed by atoms with Gasteiger partial charge >= 0.3 is 5.97 Å². The van der Waals surface area contributed by atoms with E-state index < -0.39 is 21.7 Å². The smallest absolute Gasteiger partial charge is 0.325 e. The van der Waals surface area contributed by atoms with Crippen molar-refractivity contribution in [2.45, 2.75) is 58.0 Å². The molecule has 1 rings (SSSR count). The van der Waals surface area contributed by atoms with E-state index in [0.717, 1.165) is 19.3 Å². The van der Waals surface area contributed by atoms with Crippen LogP contribution in [0.1, 0.15) is 46.5 Å². The molecule has 112 valence electrons. The third-order valence-electron chi connectivity index (χ3n) is 4.10. The maximum Gasteiger partial charge on any atom is 0.325 e. The summed E-state index contributed by atoms with van der Waals surface area (Å²) < 4.78 is 28.1. The van der Waals surface area contributed by atoms with Gasteiger partial charge in [-0.25, -0.2) is 0 Å². The Kier molecular flexibility index (Phi) is 4.97. The molecular formula is C12H24N2O4S. The maximum absolute atomic E-state index is 12.2. The summed E-state index contributed by atoms with van der Waals surface area (Å²) in [6.07, 6.45) is 2.73. The van der Waals surface area contributed by atoms with Crippen molar-refractivity contribution < 1.29 is 18.3 Å². The molecule has 0 aliphatic heterocycles. The Morgan fingerprint density at radius 2 is 2.00 bits per heavy atom. The Morgan fingerprint density at radius 3 is 2.42 bits per heavy atom. The first-order chi connectivity index (χ1) is 8.63. The van der Waals surface area contributed by atoms with Crippen LogP contribution in [-0.2, 0) is 15.0 Å². The van der Waals surface area contributed by atoms with Gasteiger partial charge in [-0.1, -0.05) is 19.8 Å². The third-order valence-corrected chi connectivity index (χ3v) is 5.90. The fourth-order valence-corrected chi connectivity index (χ4v) is 3.99. The standard InChI is InChI=1S/C12H24N2O4S/c1-9(2)14(4)19(17,18)13-12(11(15)16)8-6-5-7-10(12)3/h9-10,13H,5-8H2,1-4H3,(H,15,16). The average molecular weight is 292 g/mol. The predicted octanol–water partition coefficient (Wildman–Crippen LogP) is 1.19. The van der Waals surface area contributed by atoms with Crippen molar-refractivity contribution in [1.82, 2.24) is 9.03 Å². The summed E-state index contributed by atoms with van der Waals surface area (Å²) in [7, 11) is -2.34. The highest BCUT2D eigenvalue weighted by molar-refractivity contribution is 7.87. The topological polar surface area (TPSA) is 86.7 Å². The Hall–Kier alpha value is -0.660. The number of nitrogens with one attached hydrogen (secondary N) is 1. The molecule has 7 heteroatoms. The van der Waals surface area contributed by atoms with Gasteiger partial charge in [-0.2, -0.15) is 17.4 Å². The van der Waals surface area contributed by atoms with Crippen LogP contribution in [0.4, 0.5) is 0 Å². The van der Waals surface area contributed by atoms with Gasteiger partial charge in [0, 0.05) is 13.1 Å². The summed E-state index contributed by atoms with van der Waals surface area (Å²) in [5.74, 6) is -1.30. The van der Waals surface area contributed by atoms with Gasteiger partial charge in [0.2, 0.25) is 0 Å². The fourth-order valence-electron chi connectivity index (χ4n) is 2.44. The minimum Gasteiger partial charge on any atom is -0.480 e. The Labute approximate surface area is 115 Å². The van der Waals surface area contributed by atoms with Crippen LogP contribution in [-0.4, -0.2) is 42.4 Å². The molecule has 0 saturated heterocycles. The Morgan fingerprint density at radius 1 is 1.42 bits per heavy atom. The van der Waals surface area contributed by atoms with Gasteiger partial charge in [0.1, 0.15) is 5.54 Å². The molecule has 2 atom stereocenters. The van der Waals surface area contributed by atoms with Crippen molar-refractivity contribution >= 4 is 16.2 Å². The van der Waals surface area contributed by atoms with Gasteiger partial charge in [-0.3, -0.25) is 4.79 Å². The zero-order valence-corrected chi connectivity index (χ0v) is 12.8. The number of rotatable bonds is 5. The molecule has 2 N–H and O–H groups in total. The third kappa shape index (κ3) is 3.27. The second-order valence-corrected chi connectivity index (χ2v) is 7.37. The highest BCUT2D eigenvalue weighted by Gasteiger charge is 2.48. The van der Waals surface area contributed by atoms with Crippen LogP contribution in [0.15, 0.2) is 0 Å². The van der Waals surface area contributed by atoms with Crippen LogP contribution in [0.5, 0.6) is 0 Å². The molecule has 0 heterocycles. The number of carboxylic acids is 1. The predicted molar refractivity (Wildman–Crippen MR) is 73.0 cm³/mol. The number of aliphatic carboxylic acids is 1. The first-order valence-electron chi connectivity index (χ1n) is 6.64. The molecule has 0 radical (unpaired) electrons. The van der Waals surface area contributed by atoms with E-state index in [1.165, 1.54) is 11.4 Å². The second kappa shape index (κ2) is 5.76. The summed E-state index contributed by atoms with van der Waals surface area (Å²) in [5, 5.41) is 9.50. The maximum atomic E-state index is 12.2. The highest BCUT2D eigenvalue weighted by atomic mass is 32.2. The molecular weight excluding hydrogens is 268 g/mol. The van der Waals surface area contributed by atoms with Crippen molar-refractivity contribution in [3.63, 3.8) is 0 Å². The van der Waals surface area contributed by atoms with E-state index in [1.807, 2.05) is 0 Å². The number of hydrogen-bond donors (Lipinski definition) is 2. The van der Waals surface area contributed by atoms with E-state index in [0.29, 0.717) is 6.42 Å². The molecule has 19 heavy (non-hydrogen) atoms. The van der Waals surface area contributed by atoms with E-state index in [9.17, 15) is 18.3 Å². The SMILES string of the molecule is CC(C)N(C)S(=O)(=O)NC1(C(=O)O)CCCCC1C. The molecule has 0 aromatic carbocycles. The number of hydrogen-bond acceptors (Lipinski definition) is 3. The van der Waals surface area contributed by atoms with E-state index in [1.54, 1.807) is 20.8 Å². The van der Waals surface area contributed by atoms with E-state index in [-0.39, 0.29) is 12.0 Å². The zero-order valence-electron chi connectivity index (χ0n) is 12.0. The number of nitrogens with zero attached hydrogens (tertiary/aromatic N) is 1. The van der Waals surface area contributed by atoms with E-state index >= 15 is 0 Å². The summed E-state index contributed by atoms with van der Waals surface area (Å²) in [5.41, 5.74) is -1.37. The molecule has 0 amide bonds. The summed E-state index contributed by atoms with van der Waals surface area (Å²) in [6, 6.07) is -0.220. The lowest BCUT2D eigenvalue weighted by Crippen LogP contribution is -2.62. The molecule has 2 unspecified atom stereocenters. The lowest BCUT2D eigenvalue weighted by atomic mass is 9.74. The average Bonchev–Trinajstić information content (AvgIpc) is 2.30. The largest absolute Gasteiger partial charge is 0.480 e. The lowest BCUT2D eigenvalue weighted by molar-refractivity contribution is -0.147. The van der Waals surface area contributed by atoms with E-state index in [2.05, 4.69) is 4.72 Å². The van der Waals surface area contributed by atoms with Gasteiger partial charge in [-0.05, 0) is 32.6 Å². The van der Waals surface area contributed by atoms with Gasteiger partial charge in [0.05, 0.1) is 0 Å². The number of carbonyl (C=O) groups is 1. The molecule has 6 nitrogen and oxygen atoms in total. The second-order valence-electron chi connectivity index (χ2n) is 5.64. The van der Waals surface area contributed by atoms with Crippen LogP contribution in [0.25, 0.3) is 0 Å². The van der Waals surface area contributed by atoms with Crippen LogP contribution in [0.3, 0.4) is 0 Å². The number of carboxylic acid groups (broad SMARTS) is 1. The normalized spacial score (nSPS) is 28.8. The van der Waals surface area contributed by atoms with Crippen molar-refractivity contribution in [3.8, 4) is 0 Å².